The maximum atomic E-state index is 11.9. The van der Waals surface area contributed by atoms with Crippen molar-refractivity contribution in [2.24, 2.45) is 0 Å². The zero-order valence-electron chi connectivity index (χ0n) is 9.55. The number of amides is 1. The third-order valence-electron chi connectivity index (χ3n) is 2.21. The van der Waals surface area contributed by atoms with E-state index in [-0.39, 0.29) is 28.8 Å². The normalized spacial score (nSPS) is 11.7. The summed E-state index contributed by atoms with van der Waals surface area (Å²) in [7, 11) is 0. The quantitative estimate of drug-likeness (QED) is 0.380. The zero-order chi connectivity index (χ0) is 13.7. The van der Waals surface area contributed by atoms with Gasteiger partial charge in [0, 0.05) is 24.6 Å². The Morgan fingerprint density at radius 1 is 1.39 bits per heavy atom. The molecule has 0 saturated heterocycles. The summed E-state index contributed by atoms with van der Waals surface area (Å²) in [5, 5.41) is 12.9. The number of nitro benzene ring substituents is 1. The van der Waals surface area contributed by atoms with Crippen LogP contribution in [0, 0.1) is 10.1 Å². The topological polar surface area (TPSA) is 89.3 Å². The van der Waals surface area contributed by atoms with Crippen molar-refractivity contribution in [2.45, 2.75) is 13.0 Å². The van der Waals surface area contributed by atoms with E-state index in [1.807, 2.05) is 0 Å². The number of benzene rings is 1. The number of nitrogens with one attached hydrogen (secondary N) is 1. The summed E-state index contributed by atoms with van der Waals surface area (Å²) < 4.78 is 0. The van der Waals surface area contributed by atoms with Crippen molar-refractivity contribution in [3.63, 3.8) is 0 Å². The van der Waals surface area contributed by atoms with Crippen LogP contribution in [-0.4, -0.2) is 28.5 Å². The molecule has 0 saturated carbocycles. The van der Waals surface area contributed by atoms with E-state index in [1.54, 1.807) is 0 Å². The molecule has 1 aromatic carbocycles. The van der Waals surface area contributed by atoms with Gasteiger partial charge in [-0.1, -0.05) is 0 Å². The molecule has 1 unspecified atom stereocenters. The van der Waals surface area contributed by atoms with Crippen LogP contribution in [0.3, 0.4) is 0 Å². The number of carbonyl (C=O) groups is 2. The summed E-state index contributed by atoms with van der Waals surface area (Å²) in [5.74, 6) is -0.805. The minimum absolute atomic E-state index is 0.0601. The van der Waals surface area contributed by atoms with Gasteiger partial charge in [-0.2, -0.15) is 0 Å². The van der Waals surface area contributed by atoms with Crippen molar-refractivity contribution >= 4 is 29.0 Å². The molecule has 1 rings (SSSR count). The van der Waals surface area contributed by atoms with E-state index in [0.717, 1.165) is 0 Å². The second-order valence-electron chi connectivity index (χ2n) is 3.58. The lowest BCUT2D eigenvalue weighted by atomic mass is 10.1. The highest BCUT2D eigenvalue weighted by Crippen LogP contribution is 2.13. The fourth-order valence-electron chi connectivity index (χ4n) is 1.37. The number of Topliss-reactive ketones (excluding diaryl/α,β-unsaturated/α-hetero) is 1. The van der Waals surface area contributed by atoms with E-state index in [0.29, 0.717) is 0 Å². The van der Waals surface area contributed by atoms with Crippen molar-refractivity contribution in [3.8, 4) is 0 Å². The van der Waals surface area contributed by atoms with Gasteiger partial charge < -0.3 is 5.32 Å². The van der Waals surface area contributed by atoms with Crippen LogP contribution in [0.25, 0.3) is 0 Å². The monoisotopic (exact) mass is 270 g/mol. The molecular formula is C11H11ClN2O4. The van der Waals surface area contributed by atoms with Crippen LogP contribution in [-0.2, 0) is 4.79 Å². The Morgan fingerprint density at radius 2 is 1.94 bits per heavy atom. The second-order valence-corrected chi connectivity index (χ2v) is 3.88. The molecular weight excluding hydrogens is 260 g/mol. The lowest BCUT2D eigenvalue weighted by Gasteiger charge is -2.13. The Kier molecular flexibility index (Phi) is 4.79. The predicted molar refractivity (Wildman–Crippen MR) is 65.8 cm³/mol. The van der Waals surface area contributed by atoms with E-state index >= 15 is 0 Å². The highest BCUT2D eigenvalue weighted by molar-refractivity contribution is 6.21. The molecule has 1 aromatic rings. The second kappa shape index (κ2) is 6.11. The fraction of sp³-hybridized carbons (Fsp3) is 0.273. The maximum Gasteiger partial charge on any atom is 0.269 e. The molecule has 0 spiro atoms. The summed E-state index contributed by atoms with van der Waals surface area (Å²) in [6.07, 6.45) is 0. The Balaban J connectivity index is 2.88. The van der Waals surface area contributed by atoms with Gasteiger partial charge in [0.25, 0.3) is 5.69 Å². The summed E-state index contributed by atoms with van der Waals surface area (Å²) in [6, 6.07) is 4.30. The van der Waals surface area contributed by atoms with Gasteiger partial charge in [-0.15, -0.1) is 11.6 Å². The first-order chi connectivity index (χ1) is 8.45. The number of hydrogen-bond donors (Lipinski definition) is 1. The third kappa shape index (κ3) is 3.53. The fourth-order valence-corrected chi connectivity index (χ4v) is 1.59. The summed E-state index contributed by atoms with van der Waals surface area (Å²) in [6.45, 7) is 1.28. The Bertz CT molecular complexity index is 472. The van der Waals surface area contributed by atoms with E-state index in [4.69, 9.17) is 11.6 Å². The Morgan fingerprint density at radius 3 is 2.33 bits per heavy atom. The van der Waals surface area contributed by atoms with Gasteiger partial charge in [-0.05, 0) is 12.1 Å². The predicted octanol–water partition coefficient (Wildman–Crippen LogP) is 1.52. The number of halogens is 1. The van der Waals surface area contributed by atoms with Gasteiger partial charge in [0.15, 0.2) is 5.78 Å². The number of nitro groups is 1. The standard InChI is InChI=1S/C11H11ClN2O4/c1-7(15)13-10(6-12)11(16)8-2-4-9(5-3-8)14(17)18/h2-5,10H,6H2,1H3,(H,13,15). The van der Waals surface area contributed by atoms with Gasteiger partial charge in [-0.25, -0.2) is 0 Å². The van der Waals surface area contributed by atoms with E-state index in [2.05, 4.69) is 5.32 Å². The van der Waals surface area contributed by atoms with E-state index < -0.39 is 11.0 Å². The SMILES string of the molecule is CC(=O)NC(CCl)C(=O)c1ccc([N+](=O)[O-])cc1. The van der Waals surface area contributed by atoms with Crippen LogP contribution < -0.4 is 5.32 Å². The van der Waals surface area contributed by atoms with E-state index in [1.165, 1.54) is 31.2 Å². The lowest BCUT2D eigenvalue weighted by Crippen LogP contribution is -2.41. The molecule has 1 amide bonds. The number of non-ortho nitro benzene ring substituents is 1. The first-order valence-electron chi connectivity index (χ1n) is 5.07. The summed E-state index contributed by atoms with van der Waals surface area (Å²) in [5.41, 5.74) is 0.161. The lowest BCUT2D eigenvalue weighted by molar-refractivity contribution is -0.384. The largest absolute Gasteiger partial charge is 0.345 e. The minimum atomic E-state index is -0.828. The van der Waals surface area contributed by atoms with Crippen LogP contribution in [0.2, 0.25) is 0 Å². The maximum absolute atomic E-state index is 11.9. The molecule has 1 N–H and O–H groups in total. The van der Waals surface area contributed by atoms with Crippen molar-refractivity contribution in [1.82, 2.24) is 5.32 Å². The molecule has 1 atom stereocenters. The highest BCUT2D eigenvalue weighted by Gasteiger charge is 2.20. The van der Waals surface area contributed by atoms with Gasteiger partial charge in [-0.3, -0.25) is 19.7 Å². The number of hydrogen-bond acceptors (Lipinski definition) is 4. The van der Waals surface area contributed by atoms with Crippen LogP contribution in [0.4, 0.5) is 5.69 Å². The van der Waals surface area contributed by atoms with Crippen molar-refractivity contribution in [3.05, 3.63) is 39.9 Å². The van der Waals surface area contributed by atoms with Crippen LogP contribution in [0.15, 0.2) is 24.3 Å². The molecule has 96 valence electrons. The Labute approximate surface area is 108 Å². The molecule has 0 aromatic heterocycles. The number of carbonyl (C=O) groups excluding carboxylic acids is 2. The third-order valence-corrected chi connectivity index (χ3v) is 2.52. The summed E-state index contributed by atoms with van der Waals surface area (Å²) >= 11 is 5.59. The van der Waals surface area contributed by atoms with E-state index in [9.17, 15) is 19.7 Å². The summed E-state index contributed by atoms with van der Waals surface area (Å²) in [4.78, 5) is 32.7. The van der Waals surface area contributed by atoms with Crippen LogP contribution >= 0.6 is 11.6 Å². The average molecular weight is 271 g/mol. The average Bonchev–Trinajstić information content (AvgIpc) is 2.35. The minimum Gasteiger partial charge on any atom is -0.345 e. The molecule has 0 bridgehead atoms. The molecule has 6 nitrogen and oxygen atoms in total. The molecule has 0 heterocycles. The number of nitrogens with zero attached hydrogens (tertiary/aromatic N) is 1. The Hall–Kier alpha value is -1.95. The number of rotatable bonds is 5. The van der Waals surface area contributed by atoms with Gasteiger partial charge in [0.2, 0.25) is 5.91 Å². The highest BCUT2D eigenvalue weighted by atomic mass is 35.5. The van der Waals surface area contributed by atoms with Gasteiger partial charge in [0.05, 0.1) is 10.8 Å². The molecule has 0 aliphatic rings. The molecule has 0 aliphatic heterocycles. The molecule has 0 radical (unpaired) electrons. The van der Waals surface area contributed by atoms with Crippen molar-refractivity contribution in [2.75, 3.05) is 5.88 Å². The number of alkyl halides is 1. The van der Waals surface area contributed by atoms with Crippen molar-refractivity contribution < 1.29 is 14.5 Å². The van der Waals surface area contributed by atoms with Gasteiger partial charge >= 0.3 is 0 Å². The number of ketones is 1. The molecule has 0 aliphatic carbocycles. The van der Waals surface area contributed by atoms with Crippen molar-refractivity contribution in [1.29, 1.82) is 0 Å². The molecule has 7 heteroatoms. The molecule has 18 heavy (non-hydrogen) atoms. The smallest absolute Gasteiger partial charge is 0.269 e. The first kappa shape index (κ1) is 14.1. The first-order valence-corrected chi connectivity index (χ1v) is 5.61. The van der Waals surface area contributed by atoms with Crippen LogP contribution in [0.5, 0.6) is 0 Å². The van der Waals surface area contributed by atoms with Gasteiger partial charge in [0.1, 0.15) is 6.04 Å². The zero-order valence-corrected chi connectivity index (χ0v) is 10.3. The van der Waals surface area contributed by atoms with Crippen LogP contribution in [0.1, 0.15) is 17.3 Å². The molecule has 0 fully saturated rings.